The van der Waals surface area contributed by atoms with Crippen molar-refractivity contribution < 1.29 is 9.59 Å². The normalized spacial score (nSPS) is 11.1. The average Bonchev–Trinajstić information content (AvgIpc) is 3.38. The maximum atomic E-state index is 12.8. The van der Waals surface area contributed by atoms with Crippen molar-refractivity contribution in [3.8, 4) is 0 Å². The van der Waals surface area contributed by atoms with Gasteiger partial charge < -0.3 is 16.4 Å². The van der Waals surface area contributed by atoms with E-state index in [4.69, 9.17) is 5.73 Å². The summed E-state index contributed by atoms with van der Waals surface area (Å²) in [5.74, 6) is -0.446. The third kappa shape index (κ3) is 3.53. The van der Waals surface area contributed by atoms with Gasteiger partial charge in [-0.2, -0.15) is 10.2 Å². The summed E-state index contributed by atoms with van der Waals surface area (Å²) >= 11 is 0. The van der Waals surface area contributed by atoms with Crippen molar-refractivity contribution in [1.82, 2.24) is 24.4 Å². The zero-order valence-electron chi connectivity index (χ0n) is 17.9. The maximum absolute atomic E-state index is 12.8. The number of nitrogen functional groups attached to an aromatic ring is 1. The van der Waals surface area contributed by atoms with E-state index in [1.54, 1.807) is 36.1 Å². The number of hydrogen-bond acceptors (Lipinski definition) is 6. The molecule has 0 atom stereocenters. The summed E-state index contributed by atoms with van der Waals surface area (Å²) in [5, 5.41) is 15.0. The molecular weight excluding hydrogens is 420 g/mol. The van der Waals surface area contributed by atoms with Crippen molar-refractivity contribution in [3.05, 3.63) is 77.9 Å². The quantitative estimate of drug-likeness (QED) is 0.394. The van der Waals surface area contributed by atoms with Crippen molar-refractivity contribution in [2.24, 2.45) is 7.05 Å². The Hall–Kier alpha value is -4.73. The van der Waals surface area contributed by atoms with Gasteiger partial charge in [0, 0.05) is 36.2 Å². The summed E-state index contributed by atoms with van der Waals surface area (Å²) in [7, 11) is 1.80. The van der Waals surface area contributed by atoms with Gasteiger partial charge in [0.1, 0.15) is 11.3 Å². The van der Waals surface area contributed by atoms with Crippen LogP contribution in [0.5, 0.6) is 0 Å². The second-order valence-electron chi connectivity index (χ2n) is 7.59. The average molecular weight is 440 g/mol. The molecular formula is C23H20N8O2. The molecule has 33 heavy (non-hydrogen) atoms. The number of hydrogen-bond donors (Lipinski definition) is 3. The fourth-order valence-corrected chi connectivity index (χ4v) is 3.78. The van der Waals surface area contributed by atoms with Gasteiger partial charge in [-0.1, -0.05) is 18.2 Å². The Morgan fingerprint density at radius 2 is 1.88 bits per heavy atom. The first-order valence-corrected chi connectivity index (χ1v) is 10.2. The van der Waals surface area contributed by atoms with Gasteiger partial charge >= 0.3 is 0 Å². The van der Waals surface area contributed by atoms with Crippen LogP contribution in [0.1, 0.15) is 26.4 Å². The van der Waals surface area contributed by atoms with Crippen molar-refractivity contribution in [2.45, 2.75) is 6.92 Å². The molecule has 5 aromatic rings. The summed E-state index contributed by atoms with van der Waals surface area (Å²) in [6, 6.07) is 12.8. The Balaban J connectivity index is 1.36. The molecule has 0 fully saturated rings. The minimum absolute atomic E-state index is 0.219. The van der Waals surface area contributed by atoms with E-state index in [0.717, 1.165) is 16.5 Å². The fourth-order valence-electron chi connectivity index (χ4n) is 3.78. The Bertz CT molecular complexity index is 1550. The Morgan fingerprint density at radius 3 is 2.70 bits per heavy atom. The fraction of sp³-hybridized carbons (Fsp3) is 0.0870. The van der Waals surface area contributed by atoms with Gasteiger partial charge in [0.05, 0.1) is 17.3 Å². The lowest BCUT2D eigenvalue weighted by Crippen LogP contribution is -2.15. The van der Waals surface area contributed by atoms with E-state index in [-0.39, 0.29) is 17.6 Å². The number of anilines is 3. The lowest BCUT2D eigenvalue weighted by atomic mass is 10.1. The summed E-state index contributed by atoms with van der Waals surface area (Å²) in [5.41, 5.74) is 9.87. The van der Waals surface area contributed by atoms with Crippen LogP contribution in [0.3, 0.4) is 0 Å². The lowest BCUT2D eigenvalue weighted by molar-refractivity contribution is 0.101. The zero-order chi connectivity index (χ0) is 23.1. The predicted octanol–water partition coefficient (Wildman–Crippen LogP) is 3.01. The molecule has 0 aliphatic carbocycles. The molecule has 0 saturated carbocycles. The minimum Gasteiger partial charge on any atom is -0.382 e. The highest BCUT2D eigenvalue weighted by molar-refractivity contribution is 6.12. The number of carbonyl (C=O) groups is 2. The number of nitrogens with zero attached hydrogens (tertiary/aromatic N) is 5. The molecule has 3 aromatic heterocycles. The van der Waals surface area contributed by atoms with Gasteiger partial charge in [-0.3, -0.25) is 14.3 Å². The summed E-state index contributed by atoms with van der Waals surface area (Å²) in [6.45, 7) is 1.84. The van der Waals surface area contributed by atoms with E-state index in [1.165, 1.54) is 16.9 Å². The van der Waals surface area contributed by atoms with Gasteiger partial charge in [0.2, 0.25) is 0 Å². The maximum Gasteiger partial charge on any atom is 0.276 e. The molecule has 0 spiro atoms. The number of para-hydroxylation sites is 1. The van der Waals surface area contributed by atoms with Crippen LogP contribution in [0.15, 0.2) is 61.1 Å². The van der Waals surface area contributed by atoms with Gasteiger partial charge in [-0.15, -0.1) is 0 Å². The number of aryl methyl sites for hydroxylation is 2. The summed E-state index contributed by atoms with van der Waals surface area (Å²) in [4.78, 5) is 29.7. The molecule has 0 saturated heterocycles. The first-order valence-electron chi connectivity index (χ1n) is 10.2. The zero-order valence-corrected chi connectivity index (χ0v) is 17.9. The largest absolute Gasteiger partial charge is 0.382 e. The number of carbonyl (C=O) groups excluding carboxylic acids is 2. The number of nitrogens with one attached hydrogen (secondary N) is 2. The van der Waals surface area contributed by atoms with Crippen molar-refractivity contribution >= 4 is 45.4 Å². The van der Waals surface area contributed by atoms with E-state index >= 15 is 0 Å². The van der Waals surface area contributed by atoms with Gasteiger partial charge in [0.25, 0.3) is 11.8 Å². The Labute approximate surface area is 188 Å². The van der Waals surface area contributed by atoms with Crippen LogP contribution in [-0.4, -0.2) is 36.2 Å². The van der Waals surface area contributed by atoms with E-state index in [9.17, 15) is 9.59 Å². The molecule has 3 heterocycles. The van der Waals surface area contributed by atoms with Crippen LogP contribution in [0.4, 0.5) is 17.2 Å². The van der Waals surface area contributed by atoms with E-state index < -0.39 is 0 Å². The highest BCUT2D eigenvalue weighted by Gasteiger charge is 2.18. The number of nitrogens with two attached hydrogens (primary N) is 1. The first-order chi connectivity index (χ1) is 15.9. The molecule has 0 unspecified atom stereocenters. The molecule has 10 heteroatoms. The monoisotopic (exact) mass is 440 g/mol. The van der Waals surface area contributed by atoms with Gasteiger partial charge in [-0.25, -0.2) is 9.50 Å². The highest BCUT2D eigenvalue weighted by atomic mass is 16.2. The smallest absolute Gasteiger partial charge is 0.276 e. The standard InChI is InChI=1S/C23H20N8O2/c1-13-11-14(27-23(33)19-15-5-3-4-6-18(15)30(2)29-19)7-8-17(13)28-22(32)16-12-26-31-10-9-25-21(24)20(16)31/h3-12H,1-2H3,(H2,24,25)(H,27,33)(H,28,32). The molecule has 5 rings (SSSR count). The van der Waals surface area contributed by atoms with Gasteiger partial charge in [0.15, 0.2) is 5.69 Å². The molecule has 0 aliphatic heterocycles. The van der Waals surface area contributed by atoms with E-state index in [1.807, 2.05) is 31.2 Å². The molecule has 2 aromatic carbocycles. The third-order valence-electron chi connectivity index (χ3n) is 5.41. The van der Waals surface area contributed by atoms with Crippen molar-refractivity contribution in [1.29, 1.82) is 0 Å². The number of amides is 2. The molecule has 10 nitrogen and oxygen atoms in total. The molecule has 164 valence electrons. The number of benzene rings is 2. The number of aromatic nitrogens is 5. The second kappa shape index (κ2) is 7.75. The van der Waals surface area contributed by atoms with Crippen LogP contribution in [0.2, 0.25) is 0 Å². The molecule has 0 radical (unpaired) electrons. The second-order valence-corrected chi connectivity index (χ2v) is 7.59. The minimum atomic E-state index is -0.357. The molecule has 0 aliphatic rings. The van der Waals surface area contributed by atoms with Crippen LogP contribution in [0.25, 0.3) is 16.4 Å². The third-order valence-corrected chi connectivity index (χ3v) is 5.41. The van der Waals surface area contributed by atoms with Crippen LogP contribution < -0.4 is 16.4 Å². The van der Waals surface area contributed by atoms with E-state index in [2.05, 4.69) is 25.8 Å². The van der Waals surface area contributed by atoms with Crippen LogP contribution in [-0.2, 0) is 7.05 Å². The summed E-state index contributed by atoms with van der Waals surface area (Å²) < 4.78 is 3.18. The lowest BCUT2D eigenvalue weighted by Gasteiger charge is -2.11. The Morgan fingerprint density at radius 1 is 1.06 bits per heavy atom. The molecule has 2 amide bonds. The number of fused-ring (bicyclic) bond motifs is 2. The number of rotatable bonds is 4. The predicted molar refractivity (Wildman–Crippen MR) is 125 cm³/mol. The SMILES string of the molecule is Cc1cc(NC(=O)c2nn(C)c3ccccc23)ccc1NC(=O)c1cnn2ccnc(N)c12. The highest BCUT2D eigenvalue weighted by Crippen LogP contribution is 2.24. The van der Waals surface area contributed by atoms with E-state index in [0.29, 0.717) is 28.1 Å². The van der Waals surface area contributed by atoms with Gasteiger partial charge in [-0.05, 0) is 36.8 Å². The first kappa shape index (κ1) is 20.2. The Kier molecular flexibility index (Phi) is 4.74. The molecule has 4 N–H and O–H groups in total. The van der Waals surface area contributed by atoms with Crippen molar-refractivity contribution in [2.75, 3.05) is 16.4 Å². The van der Waals surface area contributed by atoms with Crippen LogP contribution >= 0.6 is 0 Å². The van der Waals surface area contributed by atoms with Crippen LogP contribution in [0, 0.1) is 6.92 Å². The summed E-state index contributed by atoms with van der Waals surface area (Å²) in [6.07, 6.45) is 4.59. The molecule has 0 bridgehead atoms. The van der Waals surface area contributed by atoms with Crippen molar-refractivity contribution in [3.63, 3.8) is 0 Å². The topological polar surface area (TPSA) is 132 Å².